The summed E-state index contributed by atoms with van der Waals surface area (Å²) in [7, 11) is 0. The molecule has 0 amide bonds. The van der Waals surface area contributed by atoms with Gasteiger partial charge in [-0.15, -0.1) is 0 Å². The fourth-order valence-corrected chi connectivity index (χ4v) is 5.56. The van der Waals surface area contributed by atoms with Crippen molar-refractivity contribution < 1.29 is 14.6 Å². The molecule has 1 aliphatic heterocycles. The molecule has 0 spiro atoms. The fourth-order valence-electron chi connectivity index (χ4n) is 5.56. The molecule has 2 unspecified atom stereocenters. The minimum atomic E-state index is -0.525. The Morgan fingerprint density at radius 1 is 0.641 bits per heavy atom. The Hall–Kier alpha value is -3.28. The Bertz CT molecular complexity index is 1220. The molecule has 0 aliphatic carbocycles. The Morgan fingerprint density at radius 2 is 1.13 bits per heavy atom. The molecule has 0 bridgehead atoms. The summed E-state index contributed by atoms with van der Waals surface area (Å²) in [6.45, 7) is 2.47. The van der Waals surface area contributed by atoms with Gasteiger partial charge in [-0.3, -0.25) is 4.90 Å². The fraction of sp³-hybridized carbons (Fsp3) is 0.314. The summed E-state index contributed by atoms with van der Waals surface area (Å²) >= 11 is 0. The topological polar surface area (TPSA) is 41.9 Å². The third-order valence-electron chi connectivity index (χ3n) is 7.56. The molecule has 0 radical (unpaired) electrons. The molecule has 202 valence electrons. The lowest BCUT2D eigenvalue weighted by Gasteiger charge is -2.32. The molecule has 1 saturated heterocycles. The average molecular weight is 522 g/mol. The first-order chi connectivity index (χ1) is 19.3. The number of benzene rings is 4. The van der Waals surface area contributed by atoms with E-state index in [2.05, 4.69) is 77.7 Å². The lowest BCUT2D eigenvalue weighted by Crippen LogP contribution is -2.46. The van der Waals surface area contributed by atoms with Crippen molar-refractivity contribution in [2.45, 2.75) is 63.4 Å². The molecule has 4 atom stereocenters. The van der Waals surface area contributed by atoms with Gasteiger partial charge in [0, 0.05) is 13.1 Å². The minimum Gasteiger partial charge on any atom is -0.391 e. The van der Waals surface area contributed by atoms with Gasteiger partial charge in [-0.2, -0.15) is 0 Å². The predicted molar refractivity (Wildman–Crippen MR) is 156 cm³/mol. The van der Waals surface area contributed by atoms with Crippen LogP contribution in [0.1, 0.15) is 35.1 Å². The zero-order chi connectivity index (χ0) is 26.7. The van der Waals surface area contributed by atoms with Crippen LogP contribution in [0, 0.1) is 0 Å². The number of aryl methyl sites for hydroxylation is 1. The second-order valence-electron chi connectivity index (χ2n) is 10.4. The molecule has 4 nitrogen and oxygen atoms in total. The van der Waals surface area contributed by atoms with Crippen LogP contribution in [-0.2, 0) is 35.7 Å². The summed E-state index contributed by atoms with van der Waals surface area (Å²) in [5, 5.41) is 11.7. The van der Waals surface area contributed by atoms with E-state index in [-0.39, 0.29) is 18.2 Å². The highest BCUT2D eigenvalue weighted by atomic mass is 16.5. The molecule has 4 aromatic rings. The van der Waals surface area contributed by atoms with Crippen molar-refractivity contribution in [2.24, 2.45) is 0 Å². The molecule has 4 heteroatoms. The maximum absolute atomic E-state index is 11.7. The molecule has 1 aliphatic rings. The zero-order valence-electron chi connectivity index (χ0n) is 22.5. The van der Waals surface area contributed by atoms with Crippen LogP contribution < -0.4 is 0 Å². The Morgan fingerprint density at radius 3 is 1.69 bits per heavy atom. The average Bonchev–Trinajstić information content (AvgIpc) is 3.33. The highest BCUT2D eigenvalue weighted by Crippen LogP contribution is 2.31. The van der Waals surface area contributed by atoms with E-state index in [1.165, 1.54) is 11.1 Å². The van der Waals surface area contributed by atoms with Crippen LogP contribution >= 0.6 is 0 Å². The van der Waals surface area contributed by atoms with Crippen molar-refractivity contribution in [3.05, 3.63) is 144 Å². The van der Waals surface area contributed by atoms with Gasteiger partial charge in [0.2, 0.25) is 0 Å². The number of rotatable bonds is 13. The van der Waals surface area contributed by atoms with Crippen LogP contribution in [0.4, 0.5) is 0 Å². The predicted octanol–water partition coefficient (Wildman–Crippen LogP) is 6.43. The first-order valence-corrected chi connectivity index (χ1v) is 14.1. The summed E-state index contributed by atoms with van der Waals surface area (Å²) in [4.78, 5) is 2.37. The number of aliphatic hydroxyl groups excluding tert-OH is 1. The van der Waals surface area contributed by atoms with Gasteiger partial charge in [0.05, 0.1) is 31.5 Å². The molecule has 5 rings (SSSR count). The van der Waals surface area contributed by atoms with Crippen LogP contribution in [0.2, 0.25) is 0 Å². The van der Waals surface area contributed by atoms with Gasteiger partial charge in [0.25, 0.3) is 0 Å². The van der Waals surface area contributed by atoms with Gasteiger partial charge in [0.1, 0.15) is 6.10 Å². The van der Waals surface area contributed by atoms with E-state index in [1.807, 2.05) is 48.5 Å². The maximum Gasteiger partial charge on any atom is 0.103 e. The Kier molecular flexibility index (Phi) is 9.94. The molecule has 1 fully saturated rings. The quantitative estimate of drug-likeness (QED) is 0.220. The van der Waals surface area contributed by atoms with Crippen molar-refractivity contribution in [1.82, 2.24) is 4.90 Å². The van der Waals surface area contributed by atoms with Crippen molar-refractivity contribution in [3.8, 4) is 0 Å². The molecule has 1 heterocycles. The van der Waals surface area contributed by atoms with Gasteiger partial charge in [-0.25, -0.2) is 0 Å². The molecular weight excluding hydrogens is 482 g/mol. The van der Waals surface area contributed by atoms with E-state index < -0.39 is 6.10 Å². The second-order valence-corrected chi connectivity index (χ2v) is 10.4. The number of nitrogens with zero attached hydrogens (tertiary/aromatic N) is 1. The molecule has 1 N–H and O–H groups in total. The monoisotopic (exact) mass is 521 g/mol. The normalized spacial score (nSPS) is 20.2. The maximum atomic E-state index is 11.7. The van der Waals surface area contributed by atoms with Crippen molar-refractivity contribution in [2.75, 3.05) is 6.54 Å². The number of likely N-dealkylation sites (tertiary alicyclic amines) is 1. The number of ether oxygens (including phenoxy) is 2. The lowest BCUT2D eigenvalue weighted by molar-refractivity contribution is -0.0889. The summed E-state index contributed by atoms with van der Waals surface area (Å²) < 4.78 is 13.2. The zero-order valence-corrected chi connectivity index (χ0v) is 22.5. The van der Waals surface area contributed by atoms with Gasteiger partial charge in [-0.1, -0.05) is 121 Å². The number of aliphatic hydroxyl groups is 1. The molecule has 4 aromatic carbocycles. The molecule has 0 aromatic heterocycles. The second kappa shape index (κ2) is 14.2. The number of hydrogen-bond donors (Lipinski definition) is 1. The van der Waals surface area contributed by atoms with E-state index in [0.29, 0.717) is 26.2 Å². The summed E-state index contributed by atoms with van der Waals surface area (Å²) in [6, 6.07) is 41.4. The van der Waals surface area contributed by atoms with Crippen molar-refractivity contribution in [1.29, 1.82) is 0 Å². The third kappa shape index (κ3) is 7.87. The number of hydrogen-bond acceptors (Lipinski definition) is 4. The van der Waals surface area contributed by atoms with E-state index >= 15 is 0 Å². The van der Waals surface area contributed by atoms with Crippen LogP contribution in [-0.4, -0.2) is 40.9 Å². The smallest absolute Gasteiger partial charge is 0.103 e. The van der Waals surface area contributed by atoms with Gasteiger partial charge >= 0.3 is 0 Å². The SMILES string of the molecule is OC(CCCc1ccccc1)C1[C@@H](OCc2ccccc2)[C@H](OCc2ccccc2)CN1Cc1ccccc1. The largest absolute Gasteiger partial charge is 0.391 e. The minimum absolute atomic E-state index is 0.147. The summed E-state index contributed by atoms with van der Waals surface area (Å²) in [5.74, 6) is 0. The summed E-state index contributed by atoms with van der Waals surface area (Å²) in [5.41, 5.74) is 4.79. The highest BCUT2D eigenvalue weighted by Gasteiger charge is 2.46. The lowest BCUT2D eigenvalue weighted by atomic mass is 9.97. The third-order valence-corrected chi connectivity index (χ3v) is 7.56. The Balaban J connectivity index is 1.34. The van der Waals surface area contributed by atoms with Crippen LogP contribution in [0.3, 0.4) is 0 Å². The van der Waals surface area contributed by atoms with Crippen LogP contribution in [0.5, 0.6) is 0 Å². The highest BCUT2D eigenvalue weighted by molar-refractivity contribution is 5.18. The van der Waals surface area contributed by atoms with E-state index in [0.717, 1.165) is 30.5 Å². The van der Waals surface area contributed by atoms with Crippen LogP contribution in [0.15, 0.2) is 121 Å². The first kappa shape index (κ1) is 27.3. The first-order valence-electron chi connectivity index (χ1n) is 14.1. The van der Waals surface area contributed by atoms with E-state index in [4.69, 9.17) is 9.47 Å². The van der Waals surface area contributed by atoms with E-state index in [1.54, 1.807) is 0 Å². The van der Waals surface area contributed by atoms with Crippen molar-refractivity contribution >= 4 is 0 Å². The van der Waals surface area contributed by atoms with Gasteiger partial charge in [0.15, 0.2) is 0 Å². The summed E-state index contributed by atoms with van der Waals surface area (Å²) in [6.07, 6.45) is 1.66. The van der Waals surface area contributed by atoms with Gasteiger partial charge < -0.3 is 14.6 Å². The van der Waals surface area contributed by atoms with Crippen molar-refractivity contribution in [3.63, 3.8) is 0 Å². The molecular formula is C35H39NO3. The standard InChI is InChI=1S/C35H39NO3/c37-32(23-13-22-28-14-5-1-6-15-28)34-35(39-27-31-20-11-4-12-21-31)33(38-26-30-18-9-3-10-19-30)25-36(34)24-29-16-7-2-8-17-29/h1-12,14-21,32-35,37H,13,22-27H2/t32?,33-,34?,35+/m1/s1. The van der Waals surface area contributed by atoms with Crippen LogP contribution in [0.25, 0.3) is 0 Å². The molecule has 0 saturated carbocycles. The Labute approximate surface area is 232 Å². The molecule has 39 heavy (non-hydrogen) atoms. The van der Waals surface area contributed by atoms with E-state index in [9.17, 15) is 5.11 Å². The van der Waals surface area contributed by atoms with Gasteiger partial charge in [-0.05, 0) is 41.5 Å².